The van der Waals surface area contributed by atoms with Gasteiger partial charge in [0.05, 0.1) is 12.8 Å². The fourth-order valence-corrected chi connectivity index (χ4v) is 1.76. The zero-order valence-electron chi connectivity index (χ0n) is 10.1. The molecular weight excluding hydrogens is 252 g/mol. The summed E-state index contributed by atoms with van der Waals surface area (Å²) in [6.07, 6.45) is 0. The summed E-state index contributed by atoms with van der Waals surface area (Å²) in [6, 6.07) is 7.28. The summed E-state index contributed by atoms with van der Waals surface area (Å²) in [6.45, 7) is 0. The first kappa shape index (κ1) is 13.0. The highest BCUT2D eigenvalue weighted by molar-refractivity contribution is 6.12. The molecule has 0 aromatic heterocycles. The summed E-state index contributed by atoms with van der Waals surface area (Å²) in [5, 5.41) is 0. The minimum Gasteiger partial charge on any atom is -0.495 e. The van der Waals surface area contributed by atoms with Gasteiger partial charge >= 0.3 is 0 Å². The molecule has 2 aromatic carbocycles. The molecule has 98 valence electrons. The van der Waals surface area contributed by atoms with Crippen LogP contribution in [0.15, 0.2) is 36.4 Å². The average molecular weight is 263 g/mol. The standard InChI is InChI=1S/C14H11F2NO2/c1-19-12-4-2-3-11(13(12)17)14(18)8-5-9(15)7-10(16)6-8/h2-7H,17H2,1H3. The SMILES string of the molecule is COc1cccc(C(=O)c2cc(F)cc(F)c2)c1N. The van der Waals surface area contributed by atoms with E-state index in [4.69, 9.17) is 10.5 Å². The summed E-state index contributed by atoms with van der Waals surface area (Å²) in [5.74, 6) is -1.85. The van der Waals surface area contributed by atoms with E-state index >= 15 is 0 Å². The van der Waals surface area contributed by atoms with E-state index < -0.39 is 17.4 Å². The predicted molar refractivity (Wildman–Crippen MR) is 67.2 cm³/mol. The smallest absolute Gasteiger partial charge is 0.195 e. The molecule has 0 bridgehead atoms. The highest BCUT2D eigenvalue weighted by Crippen LogP contribution is 2.27. The molecule has 0 saturated heterocycles. The van der Waals surface area contributed by atoms with Crippen molar-refractivity contribution in [1.82, 2.24) is 0 Å². The van der Waals surface area contributed by atoms with Crippen LogP contribution in [0.25, 0.3) is 0 Å². The van der Waals surface area contributed by atoms with Crippen molar-refractivity contribution >= 4 is 11.5 Å². The Hall–Kier alpha value is -2.43. The van der Waals surface area contributed by atoms with Gasteiger partial charge in [-0.1, -0.05) is 6.07 Å². The third-order valence-electron chi connectivity index (χ3n) is 2.66. The summed E-state index contributed by atoms with van der Waals surface area (Å²) < 4.78 is 31.2. The largest absolute Gasteiger partial charge is 0.495 e. The lowest BCUT2D eigenvalue weighted by atomic mass is 10.0. The molecular formula is C14H11F2NO2. The van der Waals surface area contributed by atoms with E-state index in [1.807, 2.05) is 0 Å². The number of carbonyl (C=O) groups is 1. The van der Waals surface area contributed by atoms with E-state index in [0.717, 1.165) is 12.1 Å². The van der Waals surface area contributed by atoms with E-state index in [0.29, 0.717) is 11.8 Å². The molecule has 0 aliphatic heterocycles. The van der Waals surface area contributed by atoms with Crippen LogP contribution in [0, 0.1) is 11.6 Å². The first-order valence-electron chi connectivity index (χ1n) is 5.46. The maximum absolute atomic E-state index is 13.1. The van der Waals surface area contributed by atoms with Crippen LogP contribution in [-0.2, 0) is 0 Å². The van der Waals surface area contributed by atoms with Crippen molar-refractivity contribution < 1.29 is 18.3 Å². The Kier molecular flexibility index (Phi) is 3.46. The van der Waals surface area contributed by atoms with Gasteiger partial charge in [0.1, 0.15) is 17.4 Å². The van der Waals surface area contributed by atoms with Crippen LogP contribution >= 0.6 is 0 Å². The Morgan fingerprint density at radius 3 is 2.37 bits per heavy atom. The molecule has 3 nitrogen and oxygen atoms in total. The van der Waals surface area contributed by atoms with Gasteiger partial charge < -0.3 is 10.5 Å². The lowest BCUT2D eigenvalue weighted by molar-refractivity contribution is 0.103. The van der Waals surface area contributed by atoms with Gasteiger partial charge in [0.25, 0.3) is 0 Å². The first-order valence-corrected chi connectivity index (χ1v) is 5.46. The third kappa shape index (κ3) is 2.54. The number of hydrogen-bond donors (Lipinski definition) is 1. The molecule has 0 aliphatic rings. The Morgan fingerprint density at radius 1 is 1.16 bits per heavy atom. The maximum atomic E-state index is 13.1. The van der Waals surface area contributed by atoms with Crippen LogP contribution in [0.3, 0.4) is 0 Å². The van der Waals surface area contributed by atoms with Gasteiger partial charge in [0.2, 0.25) is 0 Å². The molecule has 0 atom stereocenters. The lowest BCUT2D eigenvalue weighted by Crippen LogP contribution is -2.07. The molecule has 2 N–H and O–H groups in total. The average Bonchev–Trinajstić information content (AvgIpc) is 2.37. The van der Waals surface area contributed by atoms with Crippen molar-refractivity contribution in [3.05, 3.63) is 59.2 Å². The number of anilines is 1. The van der Waals surface area contributed by atoms with E-state index in [1.165, 1.54) is 13.2 Å². The normalized spacial score (nSPS) is 10.3. The van der Waals surface area contributed by atoms with Crippen molar-refractivity contribution in [1.29, 1.82) is 0 Å². The number of methoxy groups -OCH3 is 1. The number of hydrogen-bond acceptors (Lipinski definition) is 3. The van der Waals surface area contributed by atoms with E-state index in [-0.39, 0.29) is 16.8 Å². The van der Waals surface area contributed by atoms with Gasteiger partial charge in [0, 0.05) is 17.2 Å². The monoisotopic (exact) mass is 263 g/mol. The van der Waals surface area contributed by atoms with Crippen molar-refractivity contribution in [3.63, 3.8) is 0 Å². The molecule has 0 saturated carbocycles. The summed E-state index contributed by atoms with van der Waals surface area (Å²) in [4.78, 5) is 12.2. The zero-order valence-corrected chi connectivity index (χ0v) is 10.1. The maximum Gasteiger partial charge on any atom is 0.195 e. The number of ketones is 1. The highest BCUT2D eigenvalue weighted by Gasteiger charge is 2.16. The molecule has 2 rings (SSSR count). The predicted octanol–water partition coefficient (Wildman–Crippen LogP) is 2.79. The second kappa shape index (κ2) is 5.06. The number of benzene rings is 2. The third-order valence-corrected chi connectivity index (χ3v) is 2.66. The van der Waals surface area contributed by atoms with Crippen molar-refractivity contribution in [3.8, 4) is 5.75 Å². The Balaban J connectivity index is 2.50. The minimum atomic E-state index is -0.815. The zero-order chi connectivity index (χ0) is 14.0. The van der Waals surface area contributed by atoms with Crippen LogP contribution in [-0.4, -0.2) is 12.9 Å². The van der Waals surface area contributed by atoms with Crippen LogP contribution in [0.2, 0.25) is 0 Å². The lowest BCUT2D eigenvalue weighted by Gasteiger charge is -2.09. The molecule has 19 heavy (non-hydrogen) atoms. The second-order valence-electron chi connectivity index (χ2n) is 3.91. The van der Waals surface area contributed by atoms with E-state index in [1.54, 1.807) is 12.1 Å². The minimum absolute atomic E-state index is 0.0996. The van der Waals surface area contributed by atoms with E-state index in [2.05, 4.69) is 0 Å². The number of nitrogens with two attached hydrogens (primary N) is 1. The van der Waals surface area contributed by atoms with Gasteiger partial charge in [-0.05, 0) is 24.3 Å². The number of carbonyl (C=O) groups excluding carboxylic acids is 1. The van der Waals surface area contributed by atoms with Crippen molar-refractivity contribution in [2.24, 2.45) is 0 Å². The van der Waals surface area contributed by atoms with Crippen molar-refractivity contribution in [2.75, 3.05) is 12.8 Å². The van der Waals surface area contributed by atoms with Gasteiger partial charge in [-0.25, -0.2) is 8.78 Å². The summed E-state index contributed by atoms with van der Waals surface area (Å²) in [5.41, 5.74) is 5.96. The quantitative estimate of drug-likeness (QED) is 0.684. The molecule has 0 radical (unpaired) electrons. The summed E-state index contributed by atoms with van der Waals surface area (Å²) in [7, 11) is 1.42. The Bertz CT molecular complexity index is 621. The van der Waals surface area contributed by atoms with Gasteiger partial charge in [-0.2, -0.15) is 0 Å². The number of halogens is 2. The molecule has 0 aliphatic carbocycles. The molecule has 0 amide bonds. The summed E-state index contributed by atoms with van der Waals surface area (Å²) >= 11 is 0. The molecule has 0 fully saturated rings. The van der Waals surface area contributed by atoms with Crippen LogP contribution < -0.4 is 10.5 Å². The van der Waals surface area contributed by atoms with Crippen LogP contribution in [0.4, 0.5) is 14.5 Å². The first-order chi connectivity index (χ1) is 9.02. The number of nitrogen functional groups attached to an aromatic ring is 1. The Morgan fingerprint density at radius 2 is 1.79 bits per heavy atom. The highest BCUT2D eigenvalue weighted by atomic mass is 19.1. The molecule has 2 aromatic rings. The van der Waals surface area contributed by atoms with Gasteiger partial charge in [-0.3, -0.25) is 4.79 Å². The Labute approximate surface area is 108 Å². The van der Waals surface area contributed by atoms with Crippen LogP contribution in [0.5, 0.6) is 5.75 Å². The molecule has 5 heteroatoms. The number of rotatable bonds is 3. The molecule has 0 spiro atoms. The molecule has 0 unspecified atom stereocenters. The van der Waals surface area contributed by atoms with Gasteiger partial charge in [-0.15, -0.1) is 0 Å². The fraction of sp³-hybridized carbons (Fsp3) is 0.0714. The topological polar surface area (TPSA) is 52.3 Å². The number of para-hydroxylation sites is 1. The fourth-order valence-electron chi connectivity index (χ4n) is 1.76. The number of ether oxygens (including phenoxy) is 1. The molecule has 0 heterocycles. The van der Waals surface area contributed by atoms with Crippen molar-refractivity contribution in [2.45, 2.75) is 0 Å². The van der Waals surface area contributed by atoms with Gasteiger partial charge in [0.15, 0.2) is 5.78 Å². The second-order valence-corrected chi connectivity index (χ2v) is 3.91. The van der Waals surface area contributed by atoms with Crippen LogP contribution in [0.1, 0.15) is 15.9 Å². The van der Waals surface area contributed by atoms with E-state index in [9.17, 15) is 13.6 Å².